The van der Waals surface area contributed by atoms with Crippen LogP contribution < -0.4 is 0 Å². The van der Waals surface area contributed by atoms with E-state index in [2.05, 4.69) is 60.4 Å². The molecule has 0 aromatic heterocycles. The third kappa shape index (κ3) is 1.87. The molecule has 1 aliphatic carbocycles. The Bertz CT molecular complexity index is 229. The molecule has 0 nitrogen and oxygen atoms in total. The summed E-state index contributed by atoms with van der Waals surface area (Å²) in [6, 6.07) is 0. The topological polar surface area (TPSA) is 0 Å². The summed E-state index contributed by atoms with van der Waals surface area (Å²) in [6.45, 7) is 3.76. The number of halogens is 3. The lowest BCUT2D eigenvalue weighted by Gasteiger charge is -2.28. The van der Waals surface area contributed by atoms with E-state index in [1.807, 2.05) is 18.2 Å². The molecule has 0 saturated carbocycles. The van der Waals surface area contributed by atoms with Gasteiger partial charge in [-0.2, -0.15) is 0 Å². The van der Waals surface area contributed by atoms with Gasteiger partial charge < -0.3 is 0 Å². The average Bonchev–Trinajstić information content (AvgIpc) is 2.00. The van der Waals surface area contributed by atoms with E-state index < -0.39 is 0 Å². The highest BCUT2D eigenvalue weighted by molar-refractivity contribution is 9.15. The minimum atomic E-state index is -0.152. The Labute approximate surface area is 91.8 Å². The molecule has 0 saturated heterocycles. The van der Waals surface area contributed by atoms with Crippen molar-refractivity contribution in [1.82, 2.24) is 0 Å². The second-order valence-electron chi connectivity index (χ2n) is 2.30. The lowest BCUT2D eigenvalue weighted by atomic mass is 10.0. The number of rotatable bonds is 1. The lowest BCUT2D eigenvalue weighted by Crippen LogP contribution is -2.28. The van der Waals surface area contributed by atoms with E-state index in [9.17, 15) is 0 Å². The summed E-state index contributed by atoms with van der Waals surface area (Å²) in [7, 11) is 0. The van der Waals surface area contributed by atoms with Crippen LogP contribution in [0.5, 0.6) is 0 Å². The van der Waals surface area contributed by atoms with Crippen molar-refractivity contribution in [3.63, 3.8) is 0 Å². The van der Waals surface area contributed by atoms with Crippen LogP contribution in [0.15, 0.2) is 35.4 Å². The standard InChI is InChI=1S/C8H7Br3/c1-2-8(11)5-3-4-6(9)7(8)10/h2-5,7H,1H2. The molecule has 2 atom stereocenters. The molecule has 11 heavy (non-hydrogen) atoms. The van der Waals surface area contributed by atoms with E-state index in [1.165, 1.54) is 0 Å². The van der Waals surface area contributed by atoms with Gasteiger partial charge in [-0.1, -0.05) is 72.1 Å². The Hall–Kier alpha value is 0.660. The van der Waals surface area contributed by atoms with Crippen LogP contribution in [-0.4, -0.2) is 9.15 Å². The molecular formula is C8H7Br3. The summed E-state index contributed by atoms with van der Waals surface area (Å²) in [5, 5.41) is 0. The van der Waals surface area contributed by atoms with Crippen LogP contribution in [0.2, 0.25) is 0 Å². The highest BCUT2D eigenvalue weighted by Crippen LogP contribution is 2.40. The Kier molecular flexibility index (Phi) is 3.18. The van der Waals surface area contributed by atoms with Crippen molar-refractivity contribution in [2.24, 2.45) is 0 Å². The van der Waals surface area contributed by atoms with Gasteiger partial charge >= 0.3 is 0 Å². The van der Waals surface area contributed by atoms with Crippen LogP contribution in [0.1, 0.15) is 0 Å². The van der Waals surface area contributed by atoms with Crippen molar-refractivity contribution in [3.05, 3.63) is 35.4 Å². The zero-order valence-electron chi connectivity index (χ0n) is 5.73. The van der Waals surface area contributed by atoms with E-state index in [0.717, 1.165) is 4.48 Å². The van der Waals surface area contributed by atoms with Crippen LogP contribution >= 0.6 is 47.8 Å². The van der Waals surface area contributed by atoms with Crippen molar-refractivity contribution in [1.29, 1.82) is 0 Å². The molecule has 60 valence electrons. The monoisotopic (exact) mass is 340 g/mol. The van der Waals surface area contributed by atoms with E-state index in [1.54, 1.807) is 0 Å². The molecule has 0 amide bonds. The van der Waals surface area contributed by atoms with Gasteiger partial charge in [-0.3, -0.25) is 0 Å². The van der Waals surface area contributed by atoms with Crippen LogP contribution in [0, 0.1) is 0 Å². The molecule has 3 heteroatoms. The van der Waals surface area contributed by atoms with Crippen molar-refractivity contribution >= 4 is 47.8 Å². The van der Waals surface area contributed by atoms with Crippen LogP contribution in [0.4, 0.5) is 0 Å². The van der Waals surface area contributed by atoms with Gasteiger partial charge in [-0.15, -0.1) is 6.58 Å². The zero-order chi connectivity index (χ0) is 8.48. The minimum Gasteiger partial charge on any atom is -0.101 e. The largest absolute Gasteiger partial charge is 0.101 e. The van der Waals surface area contributed by atoms with Gasteiger partial charge in [-0.25, -0.2) is 0 Å². The number of hydrogen-bond acceptors (Lipinski definition) is 0. The molecule has 0 aromatic carbocycles. The highest BCUT2D eigenvalue weighted by Gasteiger charge is 2.32. The zero-order valence-corrected chi connectivity index (χ0v) is 10.5. The maximum atomic E-state index is 3.76. The van der Waals surface area contributed by atoms with Crippen molar-refractivity contribution in [2.45, 2.75) is 9.15 Å². The predicted octanol–water partition coefficient (Wildman–Crippen LogP) is 3.92. The Morgan fingerprint density at radius 2 is 2.27 bits per heavy atom. The summed E-state index contributed by atoms with van der Waals surface area (Å²) in [5.74, 6) is 0. The van der Waals surface area contributed by atoms with Crippen molar-refractivity contribution < 1.29 is 0 Å². The van der Waals surface area contributed by atoms with Gasteiger partial charge in [0.25, 0.3) is 0 Å². The van der Waals surface area contributed by atoms with E-state index in [-0.39, 0.29) is 9.15 Å². The molecule has 0 N–H and O–H groups in total. The summed E-state index contributed by atoms with van der Waals surface area (Å²) < 4.78 is 0.970. The third-order valence-electron chi connectivity index (χ3n) is 1.55. The first-order chi connectivity index (χ1) is 5.10. The second-order valence-corrected chi connectivity index (χ2v) is 5.51. The fourth-order valence-corrected chi connectivity index (χ4v) is 2.57. The van der Waals surface area contributed by atoms with Gasteiger partial charge in [-0.05, 0) is 0 Å². The molecular weight excluding hydrogens is 336 g/mol. The molecule has 0 radical (unpaired) electrons. The normalized spacial score (nSPS) is 36.6. The smallest absolute Gasteiger partial charge is 0.0787 e. The maximum absolute atomic E-state index is 3.76. The summed E-state index contributed by atoms with van der Waals surface area (Å²) in [5.41, 5.74) is 0. The summed E-state index contributed by atoms with van der Waals surface area (Å²) >= 11 is 10.6. The fraction of sp³-hybridized carbons (Fsp3) is 0.250. The molecule has 0 spiro atoms. The molecule has 0 aromatic rings. The summed E-state index contributed by atoms with van der Waals surface area (Å²) in [4.78, 5) is 0.234. The van der Waals surface area contributed by atoms with Crippen molar-refractivity contribution in [3.8, 4) is 0 Å². The highest BCUT2D eigenvalue weighted by atomic mass is 79.9. The molecule has 2 unspecified atom stereocenters. The lowest BCUT2D eigenvalue weighted by molar-refractivity contribution is 0.927. The van der Waals surface area contributed by atoms with Gasteiger partial charge in [0.2, 0.25) is 0 Å². The van der Waals surface area contributed by atoms with Gasteiger partial charge in [0.05, 0.1) is 9.15 Å². The van der Waals surface area contributed by atoms with Gasteiger partial charge in [0.1, 0.15) is 0 Å². The number of allylic oxidation sites excluding steroid dienone is 5. The van der Waals surface area contributed by atoms with Gasteiger partial charge in [0, 0.05) is 4.48 Å². The first kappa shape index (κ1) is 9.75. The number of alkyl halides is 2. The second kappa shape index (κ2) is 3.58. The predicted molar refractivity (Wildman–Crippen MR) is 60.7 cm³/mol. The summed E-state index contributed by atoms with van der Waals surface area (Å²) in [6.07, 6.45) is 7.95. The average molecular weight is 343 g/mol. The van der Waals surface area contributed by atoms with E-state index in [4.69, 9.17) is 0 Å². The quantitative estimate of drug-likeness (QED) is 0.500. The molecule has 0 aliphatic heterocycles. The Morgan fingerprint density at radius 1 is 1.64 bits per heavy atom. The van der Waals surface area contributed by atoms with E-state index >= 15 is 0 Å². The van der Waals surface area contributed by atoms with Gasteiger partial charge in [0.15, 0.2) is 0 Å². The van der Waals surface area contributed by atoms with Crippen LogP contribution in [0.25, 0.3) is 0 Å². The van der Waals surface area contributed by atoms with Crippen LogP contribution in [-0.2, 0) is 0 Å². The maximum Gasteiger partial charge on any atom is 0.0787 e. The first-order valence-electron chi connectivity index (χ1n) is 3.11. The molecule has 0 bridgehead atoms. The molecule has 0 fully saturated rings. The first-order valence-corrected chi connectivity index (χ1v) is 5.62. The van der Waals surface area contributed by atoms with E-state index in [0.29, 0.717) is 0 Å². The number of hydrogen-bond donors (Lipinski definition) is 0. The molecule has 1 rings (SSSR count). The Balaban J connectivity index is 2.97. The minimum absolute atomic E-state index is 0.152. The van der Waals surface area contributed by atoms with Crippen LogP contribution in [0.3, 0.4) is 0 Å². The molecule has 1 aliphatic rings. The Morgan fingerprint density at radius 3 is 2.73 bits per heavy atom. The van der Waals surface area contributed by atoms with Crippen molar-refractivity contribution in [2.75, 3.05) is 0 Å². The fourth-order valence-electron chi connectivity index (χ4n) is 0.839. The molecule has 0 heterocycles. The SMILES string of the molecule is C=CC1(Br)C=CC=C(Br)C1Br. The third-order valence-corrected chi connectivity index (χ3v) is 5.80.